The average molecular weight is 566 g/mol. The second kappa shape index (κ2) is 8.56. The summed E-state index contributed by atoms with van der Waals surface area (Å²) in [5.41, 5.74) is 9.53. The Morgan fingerprint density at radius 2 is 2.00 bits per heavy atom. The number of hydrogen-bond acceptors (Lipinski definition) is 7. The Morgan fingerprint density at radius 3 is 2.63 bits per heavy atom. The number of pyridine rings is 1. The standard InChI is InChI=1S/C25H34BrClN6O2/c1-12-7-15-21(17(26)18(12)27)30-23(32-10-14(11-32)31(5)6)19(28)22(15)29-20-13-8-16(20)33(9-13)24(34)35-25(2,3)4/h7,13-14,16,20H,8-11,28H2,1-6H3,(H,29,30). The van der Waals surface area contributed by atoms with Gasteiger partial charge in [0.05, 0.1) is 38.5 Å². The van der Waals surface area contributed by atoms with Gasteiger partial charge in [0, 0.05) is 37.0 Å². The van der Waals surface area contributed by atoms with Gasteiger partial charge in [0.2, 0.25) is 0 Å². The molecule has 4 heterocycles. The van der Waals surface area contributed by atoms with Crippen LogP contribution in [0.15, 0.2) is 10.5 Å². The number of aryl methyl sites for hydroxylation is 1. The molecule has 190 valence electrons. The maximum Gasteiger partial charge on any atom is 0.410 e. The van der Waals surface area contributed by atoms with E-state index in [9.17, 15) is 4.79 Å². The molecule has 1 aliphatic carbocycles. The van der Waals surface area contributed by atoms with Crippen LogP contribution in [0.3, 0.4) is 0 Å². The molecule has 2 bridgehead atoms. The Labute approximate surface area is 220 Å². The maximum atomic E-state index is 12.8. The molecule has 6 rings (SSSR count). The fourth-order valence-corrected chi connectivity index (χ4v) is 6.11. The molecule has 2 aromatic rings. The van der Waals surface area contributed by atoms with Gasteiger partial charge in [0.1, 0.15) is 5.60 Å². The van der Waals surface area contributed by atoms with E-state index in [2.05, 4.69) is 45.1 Å². The quantitative estimate of drug-likeness (QED) is 0.555. The van der Waals surface area contributed by atoms with Crippen molar-refractivity contribution in [1.29, 1.82) is 0 Å². The summed E-state index contributed by atoms with van der Waals surface area (Å²) < 4.78 is 6.42. The third kappa shape index (κ3) is 4.19. The summed E-state index contributed by atoms with van der Waals surface area (Å²) in [6.45, 7) is 10.1. The Bertz CT molecular complexity index is 1190. The van der Waals surface area contributed by atoms with Crippen LogP contribution in [0.2, 0.25) is 5.02 Å². The van der Waals surface area contributed by atoms with Gasteiger partial charge in [-0.1, -0.05) is 11.6 Å². The average Bonchev–Trinajstić information content (AvgIpc) is 3.30. The molecule has 1 amide bonds. The fraction of sp³-hybridized carbons (Fsp3) is 0.600. The molecule has 3 aliphatic heterocycles. The number of amides is 1. The van der Waals surface area contributed by atoms with Crippen molar-refractivity contribution < 1.29 is 9.53 Å². The molecule has 0 spiro atoms. The zero-order valence-electron chi connectivity index (χ0n) is 21.2. The first-order valence-corrected chi connectivity index (χ1v) is 13.3. The molecule has 1 saturated carbocycles. The number of fused-ring (bicyclic) bond motifs is 2. The summed E-state index contributed by atoms with van der Waals surface area (Å²) >= 11 is 10.3. The lowest BCUT2D eigenvalue weighted by molar-refractivity contribution is 0.0239. The number of aromatic nitrogens is 1. The molecular formula is C25H34BrClN6O2. The second-order valence-corrected chi connectivity index (χ2v) is 12.5. The van der Waals surface area contributed by atoms with E-state index in [0.717, 1.165) is 52.0 Å². The molecule has 35 heavy (non-hydrogen) atoms. The van der Waals surface area contributed by atoms with Gasteiger partial charge in [0.15, 0.2) is 5.82 Å². The third-order valence-corrected chi connectivity index (χ3v) is 8.98. The van der Waals surface area contributed by atoms with E-state index < -0.39 is 5.60 Å². The van der Waals surface area contributed by atoms with Crippen LogP contribution in [0.5, 0.6) is 0 Å². The number of ether oxygens (including phenoxy) is 1. The van der Waals surface area contributed by atoms with E-state index in [1.165, 1.54) is 0 Å². The van der Waals surface area contributed by atoms with Crippen molar-refractivity contribution in [2.24, 2.45) is 5.92 Å². The van der Waals surface area contributed by atoms with Crippen LogP contribution in [-0.2, 0) is 4.74 Å². The van der Waals surface area contributed by atoms with Gasteiger partial charge >= 0.3 is 6.09 Å². The van der Waals surface area contributed by atoms with Crippen LogP contribution in [0.1, 0.15) is 32.8 Å². The fourth-order valence-electron chi connectivity index (χ4n) is 5.35. The van der Waals surface area contributed by atoms with Gasteiger partial charge < -0.3 is 30.5 Å². The Balaban J connectivity index is 1.49. The summed E-state index contributed by atoms with van der Waals surface area (Å²) in [5, 5.41) is 5.32. The van der Waals surface area contributed by atoms with Crippen LogP contribution < -0.4 is 16.0 Å². The van der Waals surface area contributed by atoms with Gasteiger partial charge in [-0.3, -0.25) is 0 Å². The molecule has 1 aromatic heterocycles. The molecular weight excluding hydrogens is 532 g/mol. The first-order valence-electron chi connectivity index (χ1n) is 12.1. The van der Waals surface area contributed by atoms with E-state index in [1.54, 1.807) is 0 Å². The van der Waals surface area contributed by atoms with Crippen molar-refractivity contribution in [3.63, 3.8) is 0 Å². The minimum Gasteiger partial charge on any atom is -0.444 e. The second-order valence-electron chi connectivity index (χ2n) is 11.3. The van der Waals surface area contributed by atoms with Crippen molar-refractivity contribution in [3.05, 3.63) is 21.1 Å². The van der Waals surface area contributed by atoms with Crippen LogP contribution in [0.25, 0.3) is 10.9 Å². The smallest absolute Gasteiger partial charge is 0.410 e. The number of nitrogens with one attached hydrogen (secondary N) is 1. The van der Waals surface area contributed by atoms with Crippen LogP contribution >= 0.6 is 27.5 Å². The largest absolute Gasteiger partial charge is 0.444 e. The van der Waals surface area contributed by atoms with Crippen molar-refractivity contribution in [2.45, 2.75) is 57.8 Å². The van der Waals surface area contributed by atoms with E-state index in [4.69, 9.17) is 27.1 Å². The van der Waals surface area contributed by atoms with Crippen LogP contribution in [0.4, 0.5) is 22.0 Å². The van der Waals surface area contributed by atoms with Crippen molar-refractivity contribution in [3.8, 4) is 0 Å². The van der Waals surface area contributed by atoms with Gasteiger partial charge in [-0.05, 0) is 75.8 Å². The number of benzene rings is 1. The van der Waals surface area contributed by atoms with E-state index >= 15 is 0 Å². The third-order valence-electron chi connectivity index (χ3n) is 7.49. The highest BCUT2D eigenvalue weighted by atomic mass is 79.9. The lowest BCUT2D eigenvalue weighted by Crippen LogP contribution is -2.58. The predicted octanol–water partition coefficient (Wildman–Crippen LogP) is 4.71. The number of nitrogen functional groups attached to an aromatic ring is 1. The highest BCUT2D eigenvalue weighted by Crippen LogP contribution is 2.48. The molecule has 3 unspecified atom stereocenters. The highest BCUT2D eigenvalue weighted by molar-refractivity contribution is 9.10. The molecule has 8 nitrogen and oxygen atoms in total. The van der Waals surface area contributed by atoms with E-state index in [1.807, 2.05) is 38.7 Å². The summed E-state index contributed by atoms with van der Waals surface area (Å²) in [5.74, 6) is 1.13. The molecule has 0 radical (unpaired) electrons. The Kier molecular flexibility index (Phi) is 6.04. The van der Waals surface area contributed by atoms with Gasteiger partial charge in [-0.25, -0.2) is 9.78 Å². The number of anilines is 3. The number of rotatable bonds is 4. The predicted molar refractivity (Wildman–Crippen MR) is 146 cm³/mol. The normalized spacial score (nSPS) is 24.1. The number of likely N-dealkylation sites (N-methyl/N-ethyl adjacent to an activating group) is 1. The molecule has 4 aliphatic rings. The zero-order valence-corrected chi connectivity index (χ0v) is 23.5. The SMILES string of the molecule is Cc1cc2c(NC3C4CC3N(C(=O)OC(C)(C)C)C4)c(N)c(N3CC(N(C)C)C3)nc2c(Br)c1Cl. The minimum atomic E-state index is -0.516. The monoisotopic (exact) mass is 564 g/mol. The first kappa shape index (κ1) is 24.7. The summed E-state index contributed by atoms with van der Waals surface area (Å²) in [6.07, 6.45) is 0.723. The zero-order chi connectivity index (χ0) is 25.4. The molecule has 3 atom stereocenters. The van der Waals surface area contributed by atoms with Gasteiger partial charge in [0.25, 0.3) is 0 Å². The van der Waals surface area contributed by atoms with Gasteiger partial charge in [-0.2, -0.15) is 0 Å². The molecule has 4 fully saturated rings. The molecule has 10 heteroatoms. The lowest BCUT2D eigenvalue weighted by Gasteiger charge is -2.44. The molecule has 3 N–H and O–H groups in total. The van der Waals surface area contributed by atoms with Crippen molar-refractivity contribution in [2.75, 3.05) is 49.7 Å². The maximum absolute atomic E-state index is 12.8. The topological polar surface area (TPSA) is 87.0 Å². The van der Waals surface area contributed by atoms with Crippen molar-refractivity contribution in [1.82, 2.24) is 14.8 Å². The number of carbonyl (C=O) groups is 1. The number of nitrogens with zero attached hydrogens (tertiary/aromatic N) is 4. The molecule has 3 saturated heterocycles. The minimum absolute atomic E-state index is 0.0832. The highest BCUT2D eigenvalue weighted by Gasteiger charge is 2.55. The summed E-state index contributed by atoms with van der Waals surface area (Å²) in [4.78, 5) is 24.1. The number of carbonyl (C=O) groups excluding carboxylic acids is 1. The van der Waals surface area contributed by atoms with Gasteiger partial charge in [-0.15, -0.1) is 0 Å². The Hall–Kier alpha value is -1.97. The van der Waals surface area contributed by atoms with E-state index in [0.29, 0.717) is 29.2 Å². The first-order chi connectivity index (χ1) is 16.4. The van der Waals surface area contributed by atoms with Crippen LogP contribution in [0, 0.1) is 12.8 Å². The summed E-state index contributed by atoms with van der Waals surface area (Å²) in [6, 6.07) is 2.71. The number of halogens is 2. The number of hydrogen-bond donors (Lipinski definition) is 2. The van der Waals surface area contributed by atoms with Crippen molar-refractivity contribution >= 4 is 61.7 Å². The summed E-state index contributed by atoms with van der Waals surface area (Å²) in [7, 11) is 4.18. The Morgan fingerprint density at radius 1 is 1.31 bits per heavy atom. The lowest BCUT2D eigenvalue weighted by atomic mass is 9.79. The van der Waals surface area contributed by atoms with E-state index in [-0.39, 0.29) is 18.2 Å². The van der Waals surface area contributed by atoms with Crippen LogP contribution in [-0.4, -0.2) is 78.3 Å². The molecule has 1 aromatic carbocycles. The number of nitrogens with two attached hydrogens (primary N) is 1.